The zero-order valence-corrected chi connectivity index (χ0v) is 17.8. The monoisotopic (exact) mass is 418 g/mol. The minimum atomic E-state index is -0.279. The Labute approximate surface area is 170 Å². The maximum absolute atomic E-state index is 12.3. The minimum absolute atomic E-state index is 0.0768. The maximum Gasteiger partial charge on any atom is 0.259 e. The van der Waals surface area contributed by atoms with Crippen LogP contribution in [-0.4, -0.2) is 33.2 Å². The second-order valence-corrected chi connectivity index (χ2v) is 8.89. The zero-order valence-electron chi connectivity index (χ0n) is 16.2. The number of fused-ring (bicyclic) bond motifs is 1. The lowest BCUT2D eigenvalue weighted by molar-refractivity contribution is -0.120. The van der Waals surface area contributed by atoms with Gasteiger partial charge in [-0.3, -0.25) is 9.59 Å². The number of nitrogens with zero attached hydrogens (tertiary/aromatic N) is 2. The summed E-state index contributed by atoms with van der Waals surface area (Å²) in [5.74, 6) is 1.50. The van der Waals surface area contributed by atoms with Crippen LogP contribution in [-0.2, 0) is 17.1 Å². The van der Waals surface area contributed by atoms with Gasteiger partial charge in [0.25, 0.3) is 5.56 Å². The van der Waals surface area contributed by atoms with E-state index in [0.29, 0.717) is 29.4 Å². The lowest BCUT2D eigenvalue weighted by Crippen LogP contribution is -2.30. The molecule has 0 saturated heterocycles. The van der Waals surface area contributed by atoms with Crippen LogP contribution in [0.2, 0.25) is 0 Å². The number of thioether (sulfide) groups is 1. The number of amides is 1. The molecule has 0 saturated carbocycles. The summed E-state index contributed by atoms with van der Waals surface area (Å²) in [4.78, 5) is 38.0. The van der Waals surface area contributed by atoms with Gasteiger partial charge in [-0.05, 0) is 31.9 Å². The van der Waals surface area contributed by atoms with E-state index in [-0.39, 0.29) is 16.7 Å². The topological polar surface area (TPSA) is 97.0 Å². The third-order valence-electron chi connectivity index (χ3n) is 4.40. The second-order valence-electron chi connectivity index (χ2n) is 6.36. The fraction of sp³-hybridized carbons (Fsp3) is 0.368. The third-order valence-corrected chi connectivity index (χ3v) is 6.66. The van der Waals surface area contributed by atoms with Crippen molar-refractivity contribution < 1.29 is 9.53 Å². The molecule has 3 aromatic heterocycles. The minimum Gasteiger partial charge on any atom is -0.481 e. The second kappa shape index (κ2) is 8.74. The molecule has 3 heterocycles. The van der Waals surface area contributed by atoms with Gasteiger partial charge in [0.1, 0.15) is 10.7 Å². The average molecular weight is 419 g/mol. The molecule has 0 aliphatic carbocycles. The van der Waals surface area contributed by atoms with Crippen molar-refractivity contribution >= 4 is 39.2 Å². The summed E-state index contributed by atoms with van der Waals surface area (Å²) in [6.45, 7) is 6.16. The first-order valence-corrected chi connectivity index (χ1v) is 10.6. The van der Waals surface area contributed by atoms with Crippen LogP contribution in [0.1, 0.15) is 28.8 Å². The summed E-state index contributed by atoms with van der Waals surface area (Å²) in [7, 11) is 1.56. The summed E-state index contributed by atoms with van der Waals surface area (Å²) in [5, 5.41) is 3.28. The van der Waals surface area contributed by atoms with Crippen molar-refractivity contribution in [2.45, 2.75) is 38.3 Å². The molecule has 0 unspecified atom stereocenters. The van der Waals surface area contributed by atoms with E-state index in [1.807, 2.05) is 26.8 Å². The maximum atomic E-state index is 12.3. The highest BCUT2D eigenvalue weighted by atomic mass is 32.2. The number of hydrogen-bond donors (Lipinski definition) is 2. The average Bonchev–Trinajstić information content (AvgIpc) is 2.98. The molecule has 148 valence electrons. The summed E-state index contributed by atoms with van der Waals surface area (Å²) >= 11 is 2.95. The Kier molecular flexibility index (Phi) is 6.35. The number of nitrogens with one attached hydrogen (secondary N) is 2. The van der Waals surface area contributed by atoms with Crippen molar-refractivity contribution in [2.24, 2.45) is 0 Å². The van der Waals surface area contributed by atoms with Crippen LogP contribution in [0.3, 0.4) is 0 Å². The van der Waals surface area contributed by atoms with Crippen molar-refractivity contribution in [3.05, 3.63) is 50.5 Å². The number of methoxy groups -OCH3 is 1. The predicted octanol–water partition coefficient (Wildman–Crippen LogP) is 2.94. The van der Waals surface area contributed by atoms with Crippen molar-refractivity contribution in [3.63, 3.8) is 0 Å². The fourth-order valence-corrected chi connectivity index (χ4v) is 4.44. The van der Waals surface area contributed by atoms with E-state index < -0.39 is 0 Å². The van der Waals surface area contributed by atoms with E-state index in [2.05, 4.69) is 20.3 Å². The van der Waals surface area contributed by atoms with Gasteiger partial charge in [-0.25, -0.2) is 9.97 Å². The van der Waals surface area contributed by atoms with Gasteiger partial charge < -0.3 is 15.0 Å². The molecule has 0 fully saturated rings. The van der Waals surface area contributed by atoms with Crippen LogP contribution in [0.15, 0.2) is 23.1 Å². The van der Waals surface area contributed by atoms with Gasteiger partial charge in [-0.15, -0.1) is 23.1 Å². The number of thiophene rings is 1. The van der Waals surface area contributed by atoms with E-state index in [1.165, 1.54) is 23.1 Å². The van der Waals surface area contributed by atoms with Crippen LogP contribution < -0.4 is 15.6 Å². The number of carbonyl (C=O) groups excluding carboxylic acids is 1. The van der Waals surface area contributed by atoms with E-state index in [4.69, 9.17) is 4.74 Å². The Morgan fingerprint density at radius 3 is 2.86 bits per heavy atom. The SMILES string of the molecule is COc1ccc(CNC(=O)[C@H](C)SCc2nc3sc(C)c(C)c3c(=O)[nH]2)cn1. The number of H-pyrrole nitrogens is 1. The Hall–Kier alpha value is -2.39. The quantitative estimate of drug-likeness (QED) is 0.612. The molecule has 0 aliphatic rings. The molecule has 9 heteroatoms. The number of carbonyl (C=O) groups is 1. The first kappa shape index (κ1) is 20.3. The van der Waals surface area contributed by atoms with E-state index in [0.717, 1.165) is 20.8 Å². The van der Waals surface area contributed by atoms with Crippen LogP contribution in [0.5, 0.6) is 5.88 Å². The number of aryl methyl sites for hydroxylation is 2. The molecule has 3 rings (SSSR count). The molecule has 3 aromatic rings. The Morgan fingerprint density at radius 2 is 2.18 bits per heavy atom. The fourth-order valence-electron chi connectivity index (χ4n) is 2.62. The number of pyridine rings is 1. The third kappa shape index (κ3) is 4.53. The summed E-state index contributed by atoms with van der Waals surface area (Å²) in [5.41, 5.74) is 1.76. The Bertz CT molecular complexity index is 1040. The van der Waals surface area contributed by atoms with Gasteiger partial charge in [-0.1, -0.05) is 6.07 Å². The summed E-state index contributed by atoms with van der Waals surface area (Å²) in [6, 6.07) is 3.62. The normalized spacial score (nSPS) is 12.1. The van der Waals surface area contributed by atoms with Crippen LogP contribution in [0.25, 0.3) is 10.2 Å². The van der Waals surface area contributed by atoms with Crippen LogP contribution in [0, 0.1) is 13.8 Å². The highest BCUT2D eigenvalue weighted by Crippen LogP contribution is 2.26. The molecule has 0 spiro atoms. The van der Waals surface area contributed by atoms with Crippen molar-refractivity contribution in [2.75, 3.05) is 7.11 Å². The Morgan fingerprint density at radius 1 is 1.39 bits per heavy atom. The number of hydrogen-bond acceptors (Lipinski definition) is 7. The molecule has 0 aromatic carbocycles. The molecule has 2 N–H and O–H groups in total. The molecular formula is C19H22N4O3S2. The molecule has 7 nitrogen and oxygen atoms in total. The number of aromatic amines is 1. The highest BCUT2D eigenvalue weighted by Gasteiger charge is 2.16. The smallest absolute Gasteiger partial charge is 0.259 e. The molecule has 0 aliphatic heterocycles. The van der Waals surface area contributed by atoms with E-state index in [1.54, 1.807) is 19.4 Å². The number of aromatic nitrogens is 3. The predicted molar refractivity (Wildman–Crippen MR) is 113 cm³/mol. The standard InChI is InChI=1S/C19H22N4O3S2/c1-10-11(2)28-19-16(10)18(25)22-14(23-19)9-27-12(3)17(24)21-8-13-5-6-15(26-4)20-7-13/h5-7,12H,8-9H2,1-4H3,(H,21,24)(H,22,23,25)/t12-/m0/s1. The molecule has 28 heavy (non-hydrogen) atoms. The van der Waals surface area contributed by atoms with E-state index >= 15 is 0 Å². The van der Waals surface area contributed by atoms with Crippen LogP contribution >= 0.6 is 23.1 Å². The van der Waals surface area contributed by atoms with Gasteiger partial charge in [0.15, 0.2) is 0 Å². The van der Waals surface area contributed by atoms with Crippen LogP contribution in [0.4, 0.5) is 0 Å². The van der Waals surface area contributed by atoms with Gasteiger partial charge in [0.2, 0.25) is 11.8 Å². The Balaban J connectivity index is 1.57. The van der Waals surface area contributed by atoms with Gasteiger partial charge >= 0.3 is 0 Å². The van der Waals surface area contributed by atoms with Gasteiger partial charge in [-0.2, -0.15) is 0 Å². The highest BCUT2D eigenvalue weighted by molar-refractivity contribution is 7.99. The molecule has 1 atom stereocenters. The molecule has 0 bridgehead atoms. The van der Waals surface area contributed by atoms with Crippen molar-refractivity contribution in [1.29, 1.82) is 0 Å². The molecule has 1 amide bonds. The first-order chi connectivity index (χ1) is 13.4. The lowest BCUT2D eigenvalue weighted by atomic mass is 10.2. The van der Waals surface area contributed by atoms with Gasteiger partial charge in [0.05, 0.1) is 23.5 Å². The largest absolute Gasteiger partial charge is 0.481 e. The summed E-state index contributed by atoms with van der Waals surface area (Å²) in [6.07, 6.45) is 1.67. The molecular weight excluding hydrogens is 396 g/mol. The number of ether oxygens (including phenoxy) is 1. The van der Waals surface area contributed by atoms with Crippen molar-refractivity contribution in [1.82, 2.24) is 20.3 Å². The zero-order chi connectivity index (χ0) is 20.3. The number of rotatable bonds is 7. The van der Waals surface area contributed by atoms with E-state index in [9.17, 15) is 9.59 Å². The first-order valence-electron chi connectivity index (χ1n) is 8.76. The van der Waals surface area contributed by atoms with Gasteiger partial charge in [0, 0.05) is 23.7 Å². The lowest BCUT2D eigenvalue weighted by Gasteiger charge is -2.12. The summed E-state index contributed by atoms with van der Waals surface area (Å²) < 4.78 is 5.02. The van der Waals surface area contributed by atoms with Crippen molar-refractivity contribution in [3.8, 4) is 5.88 Å². The molecule has 0 radical (unpaired) electrons.